The Kier molecular flexibility index (Phi) is 6.64. The Balaban J connectivity index is 1.59. The molecule has 0 radical (unpaired) electrons. The quantitative estimate of drug-likeness (QED) is 0.526. The smallest absolute Gasteiger partial charge is 0.255 e. The molecule has 0 aromatic carbocycles. The molecule has 0 unspecified atom stereocenters. The van der Waals surface area contributed by atoms with Crippen LogP contribution < -0.4 is 16.0 Å². The molecule has 8 nitrogen and oxygen atoms in total. The number of pyridine rings is 2. The Bertz CT molecular complexity index is 1110. The van der Waals surface area contributed by atoms with Crippen LogP contribution in [0, 0.1) is 0 Å². The average Bonchev–Trinajstić information content (AvgIpc) is 3.29. The van der Waals surface area contributed by atoms with Gasteiger partial charge < -0.3 is 16.0 Å². The van der Waals surface area contributed by atoms with E-state index in [0.29, 0.717) is 16.8 Å². The molecular weight excluding hydrogens is 424 g/mol. The van der Waals surface area contributed by atoms with Gasteiger partial charge >= 0.3 is 0 Å². The molecule has 1 aliphatic rings. The highest BCUT2D eigenvalue weighted by Gasteiger charge is 2.25. The van der Waals surface area contributed by atoms with Crippen LogP contribution in [0.25, 0.3) is 21.6 Å². The second-order valence-electron chi connectivity index (χ2n) is 8.50. The van der Waals surface area contributed by atoms with Gasteiger partial charge in [0.25, 0.3) is 5.91 Å². The molecule has 3 aromatic heterocycles. The number of hydrogen-bond donors (Lipinski definition) is 3. The topological polar surface area (TPSA) is 109 Å². The zero-order valence-corrected chi connectivity index (χ0v) is 19.3. The monoisotopic (exact) mass is 452 g/mol. The summed E-state index contributed by atoms with van der Waals surface area (Å²) in [5.41, 5.74) is 5.17. The Hall–Kier alpha value is -3.07. The summed E-state index contributed by atoms with van der Waals surface area (Å²) in [4.78, 5) is 39.0. The third-order valence-electron chi connectivity index (χ3n) is 5.55. The van der Waals surface area contributed by atoms with Crippen LogP contribution in [0.2, 0.25) is 0 Å². The van der Waals surface area contributed by atoms with Gasteiger partial charge in [-0.25, -0.2) is 4.98 Å². The molecule has 4 rings (SSSR count). The largest absolute Gasteiger partial charge is 0.380 e. The van der Waals surface area contributed by atoms with E-state index in [2.05, 4.69) is 25.9 Å². The lowest BCUT2D eigenvalue weighted by Gasteiger charge is -2.29. The molecule has 3 aromatic rings. The highest BCUT2D eigenvalue weighted by Crippen LogP contribution is 2.30. The standard InChI is InChI=1S/C23H28N6O2S/c1-13(2)26-21-17(23(31)28-16-6-4-15(5-7-16)27-14(3)30)10-25-19-9-8-18(29-22(19)21)20-11-24-12-32-20/h8-13,15-16H,4-7H2,1-3H3,(H,25,26)(H,27,30)(H,28,31). The fourth-order valence-corrected chi connectivity index (χ4v) is 4.68. The van der Waals surface area contributed by atoms with Gasteiger partial charge in [0, 0.05) is 37.4 Å². The van der Waals surface area contributed by atoms with Crippen molar-refractivity contribution in [3.05, 3.63) is 35.6 Å². The van der Waals surface area contributed by atoms with Crippen molar-refractivity contribution in [3.63, 3.8) is 0 Å². The molecule has 3 heterocycles. The predicted octanol–water partition coefficient (Wildman–Crippen LogP) is 3.75. The van der Waals surface area contributed by atoms with E-state index >= 15 is 0 Å². The lowest BCUT2D eigenvalue weighted by Crippen LogP contribution is -2.43. The predicted molar refractivity (Wildman–Crippen MR) is 127 cm³/mol. The van der Waals surface area contributed by atoms with Gasteiger partial charge in [0.15, 0.2) is 0 Å². The summed E-state index contributed by atoms with van der Waals surface area (Å²) in [6.45, 7) is 5.60. The van der Waals surface area contributed by atoms with E-state index in [0.717, 1.165) is 41.8 Å². The van der Waals surface area contributed by atoms with Gasteiger partial charge in [-0.3, -0.25) is 19.6 Å². The number of rotatable bonds is 6. The lowest BCUT2D eigenvalue weighted by atomic mass is 9.91. The number of thiazole rings is 1. The average molecular weight is 453 g/mol. The van der Waals surface area contributed by atoms with Gasteiger partial charge in [-0.05, 0) is 51.7 Å². The van der Waals surface area contributed by atoms with E-state index in [1.165, 1.54) is 18.3 Å². The van der Waals surface area contributed by atoms with Crippen molar-refractivity contribution in [2.75, 3.05) is 5.32 Å². The van der Waals surface area contributed by atoms with Crippen LogP contribution >= 0.6 is 11.3 Å². The number of amides is 2. The molecule has 0 aliphatic heterocycles. The van der Waals surface area contributed by atoms with Crippen LogP contribution in [0.3, 0.4) is 0 Å². The first-order valence-corrected chi connectivity index (χ1v) is 11.8. The van der Waals surface area contributed by atoms with E-state index in [4.69, 9.17) is 4.98 Å². The molecule has 0 saturated heterocycles. The second-order valence-corrected chi connectivity index (χ2v) is 9.38. The summed E-state index contributed by atoms with van der Waals surface area (Å²) < 4.78 is 0. The fraction of sp³-hybridized carbons (Fsp3) is 0.435. The molecule has 0 spiro atoms. The van der Waals surface area contributed by atoms with Crippen LogP contribution in [-0.4, -0.2) is 44.9 Å². The van der Waals surface area contributed by atoms with Gasteiger partial charge in [0.05, 0.1) is 32.8 Å². The van der Waals surface area contributed by atoms with Crippen molar-refractivity contribution in [1.82, 2.24) is 25.6 Å². The normalized spacial score (nSPS) is 18.5. The number of carbonyl (C=O) groups excluding carboxylic acids is 2. The fourth-order valence-electron chi connectivity index (χ4n) is 4.09. The minimum Gasteiger partial charge on any atom is -0.380 e. The minimum atomic E-state index is -0.157. The molecule has 9 heteroatoms. The maximum absolute atomic E-state index is 13.2. The Morgan fingerprint density at radius 2 is 1.78 bits per heavy atom. The number of hydrogen-bond acceptors (Lipinski definition) is 7. The molecule has 1 aliphatic carbocycles. The van der Waals surface area contributed by atoms with Crippen molar-refractivity contribution in [2.24, 2.45) is 0 Å². The van der Waals surface area contributed by atoms with Crippen LogP contribution in [-0.2, 0) is 4.79 Å². The van der Waals surface area contributed by atoms with Crippen molar-refractivity contribution in [3.8, 4) is 10.6 Å². The van der Waals surface area contributed by atoms with Crippen molar-refractivity contribution in [1.29, 1.82) is 0 Å². The number of anilines is 1. The van der Waals surface area contributed by atoms with Gasteiger partial charge in [-0.15, -0.1) is 11.3 Å². The number of nitrogens with zero attached hydrogens (tertiary/aromatic N) is 3. The summed E-state index contributed by atoms with van der Waals surface area (Å²) in [6.07, 6.45) is 6.79. The third-order valence-corrected chi connectivity index (χ3v) is 6.34. The molecule has 3 N–H and O–H groups in total. The lowest BCUT2D eigenvalue weighted by molar-refractivity contribution is -0.119. The van der Waals surface area contributed by atoms with Crippen molar-refractivity contribution < 1.29 is 9.59 Å². The van der Waals surface area contributed by atoms with Crippen LogP contribution in [0.1, 0.15) is 56.8 Å². The van der Waals surface area contributed by atoms with Crippen LogP contribution in [0.4, 0.5) is 5.69 Å². The first-order chi connectivity index (χ1) is 15.4. The molecule has 168 valence electrons. The van der Waals surface area contributed by atoms with Gasteiger partial charge in [0.1, 0.15) is 5.52 Å². The summed E-state index contributed by atoms with van der Waals surface area (Å²) in [5, 5.41) is 9.55. The van der Waals surface area contributed by atoms with E-state index < -0.39 is 0 Å². The molecule has 0 bridgehead atoms. The molecular formula is C23H28N6O2S. The summed E-state index contributed by atoms with van der Waals surface area (Å²) >= 11 is 1.52. The van der Waals surface area contributed by atoms with Crippen LogP contribution in [0.15, 0.2) is 30.0 Å². The SMILES string of the molecule is CC(=O)NC1CCC(NC(=O)c2cnc3ccc(-c4cncs4)nc3c2NC(C)C)CC1. The van der Waals surface area contributed by atoms with E-state index in [1.807, 2.05) is 26.0 Å². The van der Waals surface area contributed by atoms with Gasteiger partial charge in [-0.1, -0.05) is 0 Å². The Labute approximate surface area is 191 Å². The van der Waals surface area contributed by atoms with Crippen molar-refractivity contribution >= 4 is 39.9 Å². The summed E-state index contributed by atoms with van der Waals surface area (Å²) in [6, 6.07) is 4.24. The highest BCUT2D eigenvalue weighted by molar-refractivity contribution is 7.13. The maximum Gasteiger partial charge on any atom is 0.255 e. The summed E-state index contributed by atoms with van der Waals surface area (Å²) in [7, 11) is 0. The second kappa shape index (κ2) is 9.60. The van der Waals surface area contributed by atoms with E-state index in [9.17, 15) is 9.59 Å². The number of nitrogens with one attached hydrogen (secondary N) is 3. The minimum absolute atomic E-state index is 0.00526. The van der Waals surface area contributed by atoms with Gasteiger partial charge in [-0.2, -0.15) is 0 Å². The first-order valence-electron chi connectivity index (χ1n) is 10.9. The molecule has 1 saturated carbocycles. The van der Waals surface area contributed by atoms with Crippen LogP contribution in [0.5, 0.6) is 0 Å². The molecule has 32 heavy (non-hydrogen) atoms. The van der Waals surface area contributed by atoms with E-state index in [1.54, 1.807) is 17.9 Å². The maximum atomic E-state index is 13.2. The highest BCUT2D eigenvalue weighted by atomic mass is 32.1. The van der Waals surface area contributed by atoms with E-state index in [-0.39, 0.29) is 29.9 Å². The summed E-state index contributed by atoms with van der Waals surface area (Å²) in [5.74, 6) is -0.162. The zero-order valence-electron chi connectivity index (χ0n) is 18.5. The first kappa shape index (κ1) is 22.1. The Morgan fingerprint density at radius 1 is 1.06 bits per heavy atom. The third kappa shape index (κ3) is 5.04. The number of fused-ring (bicyclic) bond motifs is 1. The van der Waals surface area contributed by atoms with Crippen molar-refractivity contribution in [2.45, 2.75) is 64.6 Å². The molecule has 2 amide bonds. The van der Waals surface area contributed by atoms with Gasteiger partial charge in [0.2, 0.25) is 5.91 Å². The Morgan fingerprint density at radius 3 is 2.41 bits per heavy atom. The molecule has 1 fully saturated rings. The number of carbonyl (C=O) groups is 2. The number of aromatic nitrogens is 3. The molecule has 0 atom stereocenters. The zero-order chi connectivity index (χ0) is 22.7.